The number of ether oxygens (including phenoxy) is 6. The minimum Gasteiger partial charge on any atom is -0.465 e. The van der Waals surface area contributed by atoms with Crippen molar-refractivity contribution in [2.75, 3.05) is 19.8 Å². The molecule has 8 nitrogen and oxygen atoms in total. The quantitative estimate of drug-likeness (QED) is 0.596. The van der Waals surface area contributed by atoms with Crippen LogP contribution in [0.5, 0.6) is 5.75 Å². The summed E-state index contributed by atoms with van der Waals surface area (Å²) in [5.74, 6) is -0.261. The van der Waals surface area contributed by atoms with E-state index in [1.165, 1.54) is 0 Å². The van der Waals surface area contributed by atoms with Gasteiger partial charge < -0.3 is 28.4 Å². The second-order valence-electron chi connectivity index (χ2n) is 8.79. The Labute approximate surface area is 198 Å². The highest BCUT2D eigenvalue weighted by molar-refractivity contribution is 5.90. The average Bonchev–Trinajstić information content (AvgIpc) is 3.44. The van der Waals surface area contributed by atoms with Crippen LogP contribution in [0.15, 0.2) is 48.5 Å². The normalized spacial score (nSPS) is 28.2. The molecule has 0 amide bonds. The van der Waals surface area contributed by atoms with Gasteiger partial charge in [-0.2, -0.15) is 0 Å². The van der Waals surface area contributed by atoms with Gasteiger partial charge in [-0.3, -0.25) is 0 Å². The molecule has 0 spiro atoms. The van der Waals surface area contributed by atoms with Crippen molar-refractivity contribution in [2.45, 2.75) is 56.9 Å². The van der Waals surface area contributed by atoms with Gasteiger partial charge in [0, 0.05) is 6.42 Å². The Hall–Kier alpha value is -2.94. The van der Waals surface area contributed by atoms with Gasteiger partial charge >= 0.3 is 11.9 Å². The van der Waals surface area contributed by atoms with Crippen LogP contribution in [-0.4, -0.2) is 62.5 Å². The standard InChI is InChI=1S/C26H28O8/c1-16-5-7-17(8-6-16)25(27)33-20-14-30-24-21(15-31-23(20)24)34-26(28)18-9-11-19(12-10-18)32-22-4-2-3-13-29-22/h5-12,20-24H,2-4,13-15H2,1H3/t20-,21-,22?,23-,24-/m1/s1. The molecule has 2 aromatic rings. The second-order valence-corrected chi connectivity index (χ2v) is 8.79. The molecule has 2 aromatic carbocycles. The van der Waals surface area contributed by atoms with Gasteiger partial charge in [0.15, 0.2) is 18.5 Å². The maximum absolute atomic E-state index is 12.7. The van der Waals surface area contributed by atoms with Crippen LogP contribution in [0.1, 0.15) is 45.5 Å². The minimum absolute atomic E-state index is 0.180. The lowest BCUT2D eigenvalue weighted by Gasteiger charge is -2.23. The van der Waals surface area contributed by atoms with Crippen LogP contribution in [0.25, 0.3) is 0 Å². The SMILES string of the molecule is Cc1ccc(C(=O)O[C@@H]2CO[C@H]3[C@@H]2OC[C@H]3OC(=O)c2ccc(OC3CCCCO3)cc2)cc1. The van der Waals surface area contributed by atoms with E-state index in [2.05, 4.69) is 0 Å². The molecule has 0 N–H and O–H groups in total. The predicted octanol–water partition coefficient (Wildman–Crippen LogP) is 3.45. The van der Waals surface area contributed by atoms with Crippen molar-refractivity contribution in [3.05, 3.63) is 65.2 Å². The third-order valence-electron chi connectivity index (χ3n) is 6.26. The topological polar surface area (TPSA) is 89.5 Å². The molecule has 1 unspecified atom stereocenters. The molecule has 0 radical (unpaired) electrons. The fraction of sp³-hybridized carbons (Fsp3) is 0.462. The Morgan fingerprint density at radius 2 is 1.32 bits per heavy atom. The van der Waals surface area contributed by atoms with E-state index in [9.17, 15) is 9.59 Å². The van der Waals surface area contributed by atoms with E-state index in [4.69, 9.17) is 28.4 Å². The number of fused-ring (bicyclic) bond motifs is 1. The van der Waals surface area contributed by atoms with Crippen molar-refractivity contribution < 1.29 is 38.0 Å². The molecule has 180 valence electrons. The van der Waals surface area contributed by atoms with E-state index >= 15 is 0 Å². The maximum atomic E-state index is 12.7. The Kier molecular flexibility index (Phi) is 6.80. The van der Waals surface area contributed by atoms with Gasteiger partial charge in [-0.15, -0.1) is 0 Å². The summed E-state index contributed by atoms with van der Waals surface area (Å²) in [5, 5.41) is 0. The van der Waals surface area contributed by atoms with Crippen LogP contribution >= 0.6 is 0 Å². The Morgan fingerprint density at radius 1 is 0.765 bits per heavy atom. The molecule has 0 saturated carbocycles. The van der Waals surface area contributed by atoms with Crippen LogP contribution in [-0.2, 0) is 23.7 Å². The van der Waals surface area contributed by atoms with Gasteiger partial charge in [-0.1, -0.05) is 17.7 Å². The van der Waals surface area contributed by atoms with Gasteiger partial charge in [-0.05, 0) is 56.2 Å². The molecular weight excluding hydrogens is 440 g/mol. The summed E-state index contributed by atoms with van der Waals surface area (Å²) in [6.45, 7) is 3.03. The van der Waals surface area contributed by atoms with E-state index in [-0.39, 0.29) is 19.5 Å². The maximum Gasteiger partial charge on any atom is 0.338 e. The first kappa shape index (κ1) is 22.8. The third kappa shape index (κ3) is 5.09. The van der Waals surface area contributed by atoms with Crippen molar-refractivity contribution in [3.63, 3.8) is 0 Å². The van der Waals surface area contributed by atoms with E-state index in [0.717, 1.165) is 24.8 Å². The van der Waals surface area contributed by atoms with Crippen molar-refractivity contribution in [3.8, 4) is 5.75 Å². The van der Waals surface area contributed by atoms with Gasteiger partial charge in [0.05, 0.1) is 30.9 Å². The molecule has 3 saturated heterocycles. The van der Waals surface area contributed by atoms with Gasteiger partial charge in [0.1, 0.15) is 18.0 Å². The molecule has 5 rings (SSSR count). The van der Waals surface area contributed by atoms with E-state index < -0.39 is 36.4 Å². The number of aryl methyl sites for hydroxylation is 1. The highest BCUT2D eigenvalue weighted by atomic mass is 16.7. The number of hydrogen-bond donors (Lipinski definition) is 0. The highest BCUT2D eigenvalue weighted by Gasteiger charge is 2.51. The Bertz CT molecular complexity index is 996. The summed E-state index contributed by atoms with van der Waals surface area (Å²) >= 11 is 0. The zero-order chi connectivity index (χ0) is 23.5. The summed E-state index contributed by atoms with van der Waals surface area (Å²) in [5.41, 5.74) is 1.93. The second kappa shape index (κ2) is 10.1. The molecular formula is C26H28O8. The van der Waals surface area contributed by atoms with E-state index in [0.29, 0.717) is 23.5 Å². The molecule has 0 aliphatic carbocycles. The van der Waals surface area contributed by atoms with Crippen molar-refractivity contribution in [1.29, 1.82) is 0 Å². The largest absolute Gasteiger partial charge is 0.465 e. The van der Waals surface area contributed by atoms with Crippen LogP contribution in [0, 0.1) is 6.92 Å². The first-order valence-electron chi connectivity index (χ1n) is 11.7. The monoisotopic (exact) mass is 468 g/mol. The van der Waals surface area contributed by atoms with E-state index in [1.54, 1.807) is 36.4 Å². The van der Waals surface area contributed by atoms with E-state index in [1.807, 2.05) is 19.1 Å². The van der Waals surface area contributed by atoms with Crippen LogP contribution in [0.4, 0.5) is 0 Å². The first-order chi connectivity index (χ1) is 16.6. The molecule has 8 heteroatoms. The fourth-order valence-corrected chi connectivity index (χ4v) is 4.36. The Morgan fingerprint density at radius 3 is 1.85 bits per heavy atom. The van der Waals surface area contributed by atoms with Gasteiger partial charge in [0.25, 0.3) is 0 Å². The lowest BCUT2D eigenvalue weighted by molar-refractivity contribution is -0.105. The molecule has 3 fully saturated rings. The fourth-order valence-electron chi connectivity index (χ4n) is 4.36. The molecule has 3 heterocycles. The zero-order valence-electron chi connectivity index (χ0n) is 19.0. The molecule has 3 aliphatic heterocycles. The molecule has 5 atom stereocenters. The Balaban J connectivity index is 1.13. The summed E-state index contributed by atoms with van der Waals surface area (Å²) in [6.07, 6.45) is 0.658. The summed E-state index contributed by atoms with van der Waals surface area (Å²) in [6, 6.07) is 13.9. The number of carbonyl (C=O) groups excluding carboxylic acids is 2. The molecule has 3 aliphatic rings. The van der Waals surface area contributed by atoms with Gasteiger partial charge in [0.2, 0.25) is 0 Å². The summed E-state index contributed by atoms with van der Waals surface area (Å²) < 4.78 is 34.2. The van der Waals surface area contributed by atoms with Crippen molar-refractivity contribution in [1.82, 2.24) is 0 Å². The van der Waals surface area contributed by atoms with Crippen LogP contribution in [0.2, 0.25) is 0 Å². The summed E-state index contributed by atoms with van der Waals surface area (Å²) in [4.78, 5) is 25.1. The highest BCUT2D eigenvalue weighted by Crippen LogP contribution is 2.31. The predicted molar refractivity (Wildman–Crippen MR) is 120 cm³/mol. The minimum atomic E-state index is -0.577. The molecule has 0 bridgehead atoms. The van der Waals surface area contributed by atoms with Crippen molar-refractivity contribution >= 4 is 11.9 Å². The lowest BCUT2D eigenvalue weighted by Crippen LogP contribution is -2.36. The molecule has 34 heavy (non-hydrogen) atoms. The number of benzene rings is 2. The van der Waals surface area contributed by atoms with Crippen LogP contribution in [0.3, 0.4) is 0 Å². The smallest absolute Gasteiger partial charge is 0.338 e. The molecule has 0 aromatic heterocycles. The van der Waals surface area contributed by atoms with Gasteiger partial charge in [-0.25, -0.2) is 9.59 Å². The number of rotatable bonds is 6. The third-order valence-corrected chi connectivity index (χ3v) is 6.26. The zero-order valence-corrected chi connectivity index (χ0v) is 19.0. The number of carbonyl (C=O) groups is 2. The first-order valence-corrected chi connectivity index (χ1v) is 11.7. The van der Waals surface area contributed by atoms with Crippen LogP contribution < -0.4 is 4.74 Å². The average molecular weight is 469 g/mol. The number of esters is 2. The lowest BCUT2D eigenvalue weighted by atomic mass is 10.1. The van der Waals surface area contributed by atoms with Crippen molar-refractivity contribution in [2.24, 2.45) is 0 Å². The number of hydrogen-bond acceptors (Lipinski definition) is 8. The summed E-state index contributed by atoms with van der Waals surface area (Å²) in [7, 11) is 0.